The lowest BCUT2D eigenvalue weighted by atomic mass is 10.1. The van der Waals surface area contributed by atoms with E-state index in [9.17, 15) is 14.9 Å². The van der Waals surface area contributed by atoms with E-state index in [0.29, 0.717) is 10.0 Å². The second-order valence-corrected chi connectivity index (χ2v) is 5.96. The van der Waals surface area contributed by atoms with Crippen molar-refractivity contribution in [1.29, 1.82) is 0 Å². The molecule has 0 aromatic heterocycles. The van der Waals surface area contributed by atoms with E-state index >= 15 is 0 Å². The van der Waals surface area contributed by atoms with Crippen molar-refractivity contribution < 1.29 is 14.5 Å². The molecule has 21 heavy (non-hydrogen) atoms. The minimum Gasteiger partial charge on any atom is -0.485 e. The Balaban J connectivity index is 2.09. The van der Waals surface area contributed by atoms with E-state index in [-0.39, 0.29) is 23.8 Å². The molecule has 0 fully saturated rings. The smallest absolute Gasteiger partial charge is 0.274 e. The second kappa shape index (κ2) is 6.82. The largest absolute Gasteiger partial charge is 0.485 e. The van der Waals surface area contributed by atoms with Crippen molar-refractivity contribution in [1.82, 2.24) is 0 Å². The Morgan fingerprint density at radius 3 is 2.57 bits per heavy atom. The summed E-state index contributed by atoms with van der Waals surface area (Å²) in [6.45, 7) is -0.190. The number of nitro groups is 1. The van der Waals surface area contributed by atoms with Gasteiger partial charge in [-0.2, -0.15) is 0 Å². The zero-order valence-electron chi connectivity index (χ0n) is 10.6. The Morgan fingerprint density at radius 1 is 1.14 bits per heavy atom. The summed E-state index contributed by atoms with van der Waals surface area (Å²) < 4.78 is 6.65. The molecular formula is C14H9Br2NO4. The predicted molar refractivity (Wildman–Crippen MR) is 84.8 cm³/mol. The second-order valence-electron chi connectivity index (χ2n) is 4.12. The number of non-ortho nitro benzene ring substituents is 1. The van der Waals surface area contributed by atoms with Crippen LogP contribution in [0, 0.1) is 10.1 Å². The minimum absolute atomic E-state index is 0.103. The first kappa shape index (κ1) is 15.7. The van der Waals surface area contributed by atoms with Crippen LogP contribution < -0.4 is 4.74 Å². The fraction of sp³-hybridized carbons (Fsp3) is 0.0714. The zero-order valence-corrected chi connectivity index (χ0v) is 13.8. The molecular weight excluding hydrogens is 406 g/mol. The summed E-state index contributed by atoms with van der Waals surface area (Å²) in [5.74, 6) is 0.0540. The van der Waals surface area contributed by atoms with Gasteiger partial charge in [0.05, 0.1) is 11.0 Å². The number of Topliss-reactive ketones (excluding diaryl/α,β-unsaturated/α-hetero) is 1. The number of nitro benzene ring substituents is 1. The Bertz CT molecular complexity index is 703. The summed E-state index contributed by atoms with van der Waals surface area (Å²) in [6, 6.07) is 11.1. The molecule has 0 unspecified atom stereocenters. The molecule has 0 spiro atoms. The van der Waals surface area contributed by atoms with E-state index in [4.69, 9.17) is 4.74 Å². The highest BCUT2D eigenvalue weighted by Crippen LogP contribution is 2.26. The monoisotopic (exact) mass is 413 g/mol. The molecule has 0 aliphatic heterocycles. The molecule has 0 radical (unpaired) electrons. The number of hydrogen-bond acceptors (Lipinski definition) is 4. The number of carbonyl (C=O) groups excluding carboxylic acids is 1. The number of rotatable bonds is 5. The van der Waals surface area contributed by atoms with Gasteiger partial charge in [-0.3, -0.25) is 14.9 Å². The molecule has 0 aliphatic rings. The normalized spacial score (nSPS) is 10.2. The van der Waals surface area contributed by atoms with Crippen LogP contribution in [0.5, 0.6) is 5.75 Å². The van der Waals surface area contributed by atoms with Gasteiger partial charge in [-0.15, -0.1) is 0 Å². The average molecular weight is 415 g/mol. The molecule has 0 N–H and O–H groups in total. The maximum Gasteiger partial charge on any atom is 0.274 e. The molecule has 7 heteroatoms. The molecule has 0 heterocycles. The highest BCUT2D eigenvalue weighted by atomic mass is 79.9. The standard InChI is InChI=1S/C14H9Br2NO4/c15-10-3-1-2-9(4-10)14(18)8-21-13-6-11(16)5-12(7-13)17(19)20/h1-7H,8H2. The minimum atomic E-state index is -0.520. The lowest BCUT2D eigenvalue weighted by Crippen LogP contribution is -2.11. The summed E-state index contributed by atoms with van der Waals surface area (Å²) in [6.07, 6.45) is 0. The lowest BCUT2D eigenvalue weighted by molar-refractivity contribution is -0.385. The van der Waals surface area contributed by atoms with Crippen molar-refractivity contribution in [3.05, 3.63) is 67.1 Å². The maximum absolute atomic E-state index is 12.0. The third kappa shape index (κ3) is 4.37. The Morgan fingerprint density at radius 2 is 1.90 bits per heavy atom. The van der Waals surface area contributed by atoms with Gasteiger partial charge in [0.25, 0.3) is 5.69 Å². The van der Waals surface area contributed by atoms with E-state index < -0.39 is 4.92 Å². The Hall–Kier alpha value is -1.73. The van der Waals surface area contributed by atoms with E-state index in [1.165, 1.54) is 12.1 Å². The molecule has 2 aromatic carbocycles. The van der Waals surface area contributed by atoms with Crippen LogP contribution in [0.1, 0.15) is 10.4 Å². The van der Waals surface area contributed by atoms with Gasteiger partial charge in [-0.1, -0.05) is 44.0 Å². The maximum atomic E-state index is 12.0. The Kier molecular flexibility index (Phi) is 5.08. The van der Waals surface area contributed by atoms with Gasteiger partial charge < -0.3 is 4.74 Å². The third-order valence-corrected chi connectivity index (χ3v) is 3.53. The molecule has 0 saturated carbocycles. The van der Waals surface area contributed by atoms with Crippen molar-refractivity contribution in [2.45, 2.75) is 0 Å². The van der Waals surface area contributed by atoms with Crippen LogP contribution in [-0.4, -0.2) is 17.3 Å². The Labute approximate surface area is 137 Å². The lowest BCUT2D eigenvalue weighted by Gasteiger charge is -2.06. The van der Waals surface area contributed by atoms with Crippen LogP contribution in [0.2, 0.25) is 0 Å². The van der Waals surface area contributed by atoms with Gasteiger partial charge in [0.1, 0.15) is 5.75 Å². The third-order valence-electron chi connectivity index (χ3n) is 2.58. The summed E-state index contributed by atoms with van der Waals surface area (Å²) in [5.41, 5.74) is 0.406. The summed E-state index contributed by atoms with van der Waals surface area (Å²) in [7, 11) is 0. The number of ether oxygens (including phenoxy) is 1. The van der Waals surface area contributed by atoms with E-state index in [2.05, 4.69) is 31.9 Å². The van der Waals surface area contributed by atoms with E-state index in [1.54, 1.807) is 24.3 Å². The molecule has 0 aliphatic carbocycles. The number of nitrogens with zero attached hydrogens (tertiary/aromatic N) is 1. The van der Waals surface area contributed by atoms with Gasteiger partial charge in [0.2, 0.25) is 0 Å². The highest BCUT2D eigenvalue weighted by molar-refractivity contribution is 9.10. The SMILES string of the molecule is O=C(COc1cc(Br)cc([N+](=O)[O-])c1)c1cccc(Br)c1. The van der Waals surface area contributed by atoms with Crippen LogP contribution >= 0.6 is 31.9 Å². The van der Waals surface area contributed by atoms with Gasteiger partial charge in [-0.25, -0.2) is 0 Å². The van der Waals surface area contributed by atoms with Crippen molar-refractivity contribution in [2.24, 2.45) is 0 Å². The molecule has 0 saturated heterocycles. The summed E-state index contributed by atoms with van der Waals surface area (Å²) in [5, 5.41) is 10.8. The van der Waals surface area contributed by atoms with Gasteiger partial charge in [0, 0.05) is 20.6 Å². The van der Waals surface area contributed by atoms with Crippen molar-refractivity contribution in [3.63, 3.8) is 0 Å². The topological polar surface area (TPSA) is 69.4 Å². The molecule has 108 valence electrons. The van der Waals surface area contributed by atoms with Crippen LogP contribution in [0.4, 0.5) is 5.69 Å². The molecule has 2 aromatic rings. The van der Waals surface area contributed by atoms with Crippen LogP contribution in [0.25, 0.3) is 0 Å². The predicted octanol–water partition coefficient (Wildman–Crippen LogP) is 4.38. The number of halogens is 2. The first-order valence-corrected chi connectivity index (χ1v) is 7.41. The first-order chi connectivity index (χ1) is 9.95. The van der Waals surface area contributed by atoms with Crippen LogP contribution in [0.15, 0.2) is 51.4 Å². The molecule has 2 rings (SSSR count). The summed E-state index contributed by atoms with van der Waals surface area (Å²) in [4.78, 5) is 22.2. The molecule has 0 atom stereocenters. The number of carbonyl (C=O) groups is 1. The fourth-order valence-corrected chi connectivity index (χ4v) is 2.49. The van der Waals surface area contributed by atoms with Gasteiger partial charge in [-0.05, 0) is 18.2 Å². The average Bonchev–Trinajstić information content (AvgIpc) is 2.44. The first-order valence-electron chi connectivity index (χ1n) is 5.82. The van der Waals surface area contributed by atoms with Crippen molar-refractivity contribution in [3.8, 4) is 5.75 Å². The molecule has 5 nitrogen and oxygen atoms in total. The van der Waals surface area contributed by atoms with Gasteiger partial charge in [0.15, 0.2) is 12.4 Å². The molecule has 0 bridgehead atoms. The van der Waals surface area contributed by atoms with Crippen LogP contribution in [-0.2, 0) is 0 Å². The van der Waals surface area contributed by atoms with Crippen molar-refractivity contribution in [2.75, 3.05) is 6.61 Å². The summed E-state index contributed by atoms with van der Waals surface area (Å²) >= 11 is 6.45. The van der Waals surface area contributed by atoms with Gasteiger partial charge >= 0.3 is 0 Å². The number of benzene rings is 2. The highest BCUT2D eigenvalue weighted by Gasteiger charge is 2.12. The van der Waals surface area contributed by atoms with Crippen LogP contribution in [0.3, 0.4) is 0 Å². The molecule has 0 amide bonds. The number of hydrogen-bond donors (Lipinski definition) is 0. The fourth-order valence-electron chi connectivity index (χ4n) is 1.63. The number of ketones is 1. The van der Waals surface area contributed by atoms with E-state index in [1.807, 2.05) is 6.07 Å². The van der Waals surface area contributed by atoms with Crippen molar-refractivity contribution >= 4 is 43.3 Å². The zero-order chi connectivity index (χ0) is 15.4. The quantitative estimate of drug-likeness (QED) is 0.413. The van der Waals surface area contributed by atoms with E-state index in [0.717, 1.165) is 4.47 Å².